The number of benzene rings is 1. The molecule has 0 unspecified atom stereocenters. The van der Waals surface area contributed by atoms with Crippen molar-refractivity contribution in [2.24, 2.45) is 0 Å². The van der Waals surface area contributed by atoms with Crippen LogP contribution in [0.1, 0.15) is 81.5 Å². The summed E-state index contributed by atoms with van der Waals surface area (Å²) in [7, 11) is 4.55. The summed E-state index contributed by atoms with van der Waals surface area (Å²) in [5.41, 5.74) is 0.220. The number of nitrogens with zero attached hydrogens (tertiary/aromatic N) is 1. The Kier molecular flexibility index (Phi) is 18.6. The average Bonchev–Trinajstić information content (AvgIpc) is 2.74. The minimum absolute atomic E-state index is 0.131. The van der Waals surface area contributed by atoms with Gasteiger partial charge in [-0.05, 0) is 18.4 Å². The van der Waals surface area contributed by atoms with Gasteiger partial charge in [0.2, 0.25) is 0 Å². The quantitative estimate of drug-likeness (QED) is 0.303. The maximum absolute atomic E-state index is 10.1. The molecule has 0 aliphatic heterocycles. The van der Waals surface area contributed by atoms with E-state index >= 15 is 0 Å². The number of unbranched alkanes of at least 4 members (excludes halogenated alkanes) is 9. The molecular formula is C25H45NO4. The number of carboxylic acid groups (broad SMARTS) is 1. The van der Waals surface area contributed by atoms with Gasteiger partial charge in [0.25, 0.3) is 0 Å². The molecule has 0 atom stereocenters. The number of hydrogen-bond acceptors (Lipinski definition) is 4. The van der Waals surface area contributed by atoms with Crippen LogP contribution in [0.2, 0.25) is 0 Å². The van der Waals surface area contributed by atoms with Crippen molar-refractivity contribution in [1.82, 2.24) is 0 Å². The van der Waals surface area contributed by atoms with E-state index < -0.39 is 5.97 Å². The van der Waals surface area contributed by atoms with Gasteiger partial charge in [-0.2, -0.15) is 0 Å². The molecule has 0 aromatic heterocycles. The first-order valence-electron chi connectivity index (χ1n) is 11.7. The van der Waals surface area contributed by atoms with Gasteiger partial charge in [0.05, 0.1) is 46.4 Å². The predicted octanol–water partition coefficient (Wildman–Crippen LogP) is 4.04. The van der Waals surface area contributed by atoms with Gasteiger partial charge in [0.15, 0.2) is 0 Å². The Labute approximate surface area is 184 Å². The Bertz CT molecular complexity index is 505. The van der Waals surface area contributed by atoms with Crippen LogP contribution in [-0.4, -0.2) is 62.6 Å². The molecule has 0 saturated carbocycles. The van der Waals surface area contributed by atoms with E-state index in [0.29, 0.717) is 6.61 Å². The maximum atomic E-state index is 10.1. The lowest BCUT2D eigenvalue weighted by molar-refractivity contribution is -0.891. The van der Waals surface area contributed by atoms with Crippen molar-refractivity contribution in [3.05, 3.63) is 35.9 Å². The molecule has 0 bridgehead atoms. The zero-order valence-corrected chi connectivity index (χ0v) is 19.6. The summed E-state index contributed by atoms with van der Waals surface area (Å²) in [4.78, 5) is 10.1. The molecule has 0 heterocycles. The first-order chi connectivity index (χ1) is 14.4. The van der Waals surface area contributed by atoms with Gasteiger partial charge in [0.1, 0.15) is 6.54 Å². The number of hydrogen-bond donors (Lipinski definition) is 1. The summed E-state index contributed by atoms with van der Waals surface area (Å²) in [6.45, 7) is 5.91. The minimum Gasteiger partial charge on any atom is -0.545 e. The lowest BCUT2D eigenvalue weighted by Gasteiger charge is -2.29. The summed E-state index contributed by atoms with van der Waals surface area (Å²) >= 11 is 0. The third-order valence-corrected chi connectivity index (χ3v) is 5.20. The second kappa shape index (κ2) is 19.5. The zero-order chi connectivity index (χ0) is 22.5. The molecule has 1 aromatic rings. The van der Waals surface area contributed by atoms with Gasteiger partial charge in [-0.15, -0.1) is 0 Å². The van der Waals surface area contributed by atoms with Crippen LogP contribution >= 0.6 is 0 Å². The first kappa shape index (κ1) is 28.6. The van der Waals surface area contributed by atoms with Crippen LogP contribution in [-0.2, 0) is 4.74 Å². The predicted molar refractivity (Wildman–Crippen MR) is 122 cm³/mol. The number of likely N-dealkylation sites (N-methyl/N-ethyl adjacent to an activating group) is 1. The normalized spacial score (nSPS) is 11.1. The topological polar surface area (TPSA) is 69.6 Å². The fraction of sp³-hybridized carbons (Fsp3) is 0.720. The molecule has 174 valence electrons. The highest BCUT2D eigenvalue weighted by molar-refractivity contribution is 5.85. The van der Waals surface area contributed by atoms with Crippen LogP contribution in [0, 0.1) is 0 Å². The molecule has 5 nitrogen and oxygen atoms in total. The molecule has 0 radical (unpaired) electrons. The Morgan fingerprint density at radius 1 is 0.867 bits per heavy atom. The molecule has 0 saturated heterocycles. The van der Waals surface area contributed by atoms with Gasteiger partial charge in [0, 0.05) is 0 Å². The lowest BCUT2D eigenvalue weighted by Crippen LogP contribution is -2.43. The third kappa shape index (κ3) is 18.6. The Morgan fingerprint density at radius 3 is 1.87 bits per heavy atom. The molecule has 0 amide bonds. The Hall–Kier alpha value is -1.43. The highest BCUT2D eigenvalue weighted by atomic mass is 16.5. The second-order valence-electron chi connectivity index (χ2n) is 8.55. The fourth-order valence-electron chi connectivity index (χ4n) is 3.19. The molecular weight excluding hydrogens is 378 g/mol. The third-order valence-electron chi connectivity index (χ3n) is 5.20. The Balaban J connectivity index is 0.000000769. The monoisotopic (exact) mass is 423 g/mol. The van der Waals surface area contributed by atoms with Gasteiger partial charge in [-0.1, -0.05) is 88.6 Å². The van der Waals surface area contributed by atoms with E-state index in [0.717, 1.165) is 17.6 Å². The second-order valence-corrected chi connectivity index (χ2v) is 8.55. The maximum Gasteiger partial charge on any atom is 0.102 e. The van der Waals surface area contributed by atoms with Crippen LogP contribution in [0.5, 0.6) is 0 Å². The molecule has 5 heteroatoms. The molecule has 0 aliphatic rings. The fourth-order valence-corrected chi connectivity index (χ4v) is 3.19. The number of carbonyl (C=O) groups is 1. The summed E-state index contributed by atoms with van der Waals surface area (Å²) < 4.78 is 6.38. The standard InChI is InChI=1S/C18H40NO2.C7H6O2/c1-4-5-6-7-8-9-10-11-12-13-14-19(2,3)15-17-21-18-16-20;8-7(9)6-4-2-1-3-5-6/h20H,4-18H2,1-3H3;1-5H,(H,8,9)/q+1;/p-1. The number of aliphatic hydroxyl groups is 1. The van der Waals surface area contributed by atoms with Crippen molar-refractivity contribution in [3.63, 3.8) is 0 Å². The summed E-state index contributed by atoms with van der Waals surface area (Å²) in [5.74, 6) is -1.13. The van der Waals surface area contributed by atoms with E-state index in [1.54, 1.807) is 18.2 Å². The number of carbonyl (C=O) groups excluding carboxylic acids is 1. The van der Waals surface area contributed by atoms with Crippen molar-refractivity contribution in [1.29, 1.82) is 0 Å². The number of aromatic carboxylic acids is 1. The van der Waals surface area contributed by atoms with Crippen LogP contribution in [0.15, 0.2) is 30.3 Å². The number of aliphatic hydroxyl groups excluding tert-OH is 1. The molecule has 0 spiro atoms. The molecule has 1 N–H and O–H groups in total. The van der Waals surface area contributed by atoms with Crippen LogP contribution in [0.25, 0.3) is 0 Å². The minimum atomic E-state index is -1.13. The Morgan fingerprint density at radius 2 is 1.40 bits per heavy atom. The van der Waals surface area contributed by atoms with E-state index in [2.05, 4.69) is 21.0 Å². The van der Waals surface area contributed by atoms with Crippen LogP contribution in [0.4, 0.5) is 0 Å². The van der Waals surface area contributed by atoms with E-state index in [9.17, 15) is 9.90 Å². The van der Waals surface area contributed by atoms with Gasteiger partial charge >= 0.3 is 0 Å². The summed E-state index contributed by atoms with van der Waals surface area (Å²) in [6, 6.07) is 8.06. The van der Waals surface area contributed by atoms with E-state index in [4.69, 9.17) is 9.84 Å². The van der Waals surface area contributed by atoms with Crippen molar-refractivity contribution < 1.29 is 24.2 Å². The van der Waals surface area contributed by atoms with Crippen molar-refractivity contribution in [3.8, 4) is 0 Å². The van der Waals surface area contributed by atoms with Crippen LogP contribution < -0.4 is 5.11 Å². The van der Waals surface area contributed by atoms with E-state index in [1.807, 2.05) is 0 Å². The van der Waals surface area contributed by atoms with E-state index in [1.165, 1.54) is 82.9 Å². The highest BCUT2D eigenvalue weighted by Crippen LogP contribution is 2.11. The molecule has 1 rings (SSSR count). The van der Waals surface area contributed by atoms with Crippen molar-refractivity contribution >= 4 is 5.97 Å². The SMILES string of the molecule is CCCCCCCCCCCC[N+](C)(C)CCOCCO.O=C([O-])c1ccccc1. The van der Waals surface area contributed by atoms with Gasteiger partial charge in [-0.3, -0.25) is 0 Å². The van der Waals surface area contributed by atoms with E-state index in [-0.39, 0.29) is 12.2 Å². The van der Waals surface area contributed by atoms with Crippen molar-refractivity contribution in [2.75, 3.05) is 47.0 Å². The average molecular weight is 424 g/mol. The molecule has 0 fully saturated rings. The zero-order valence-electron chi connectivity index (χ0n) is 19.6. The summed E-state index contributed by atoms with van der Waals surface area (Å²) in [5, 5.41) is 18.8. The molecule has 1 aromatic carbocycles. The largest absolute Gasteiger partial charge is 0.545 e. The molecule has 0 aliphatic carbocycles. The highest BCUT2D eigenvalue weighted by Gasteiger charge is 2.13. The molecule has 30 heavy (non-hydrogen) atoms. The van der Waals surface area contributed by atoms with Gasteiger partial charge in [-0.25, -0.2) is 0 Å². The van der Waals surface area contributed by atoms with Crippen molar-refractivity contribution in [2.45, 2.75) is 71.1 Å². The number of rotatable bonds is 17. The number of carboxylic acids is 1. The van der Waals surface area contributed by atoms with Gasteiger partial charge < -0.3 is 24.2 Å². The lowest BCUT2D eigenvalue weighted by atomic mass is 10.1. The summed E-state index contributed by atoms with van der Waals surface area (Å²) in [6.07, 6.45) is 14.0. The number of ether oxygens (including phenoxy) is 1. The van der Waals surface area contributed by atoms with Crippen LogP contribution in [0.3, 0.4) is 0 Å². The smallest absolute Gasteiger partial charge is 0.102 e. The first-order valence-corrected chi connectivity index (χ1v) is 11.7. The number of quaternary nitrogens is 1.